The van der Waals surface area contributed by atoms with E-state index in [0.29, 0.717) is 5.11 Å². The molecule has 1 aliphatic heterocycles. The summed E-state index contributed by atoms with van der Waals surface area (Å²) in [7, 11) is 3.37. The lowest BCUT2D eigenvalue weighted by Gasteiger charge is -2.36. The molecule has 0 saturated carbocycles. The highest BCUT2D eigenvalue weighted by molar-refractivity contribution is 7.80. The minimum Gasteiger partial charge on any atom is -0.497 e. The predicted molar refractivity (Wildman–Crippen MR) is 103 cm³/mol. The van der Waals surface area contributed by atoms with E-state index in [1.807, 2.05) is 18.2 Å². The molecule has 0 amide bonds. The van der Waals surface area contributed by atoms with Crippen LogP contribution in [0.4, 0.5) is 0 Å². The molecule has 0 aromatic heterocycles. The first kappa shape index (κ1) is 16.0. The number of fused-ring (bicyclic) bond motifs is 2. The zero-order chi connectivity index (χ0) is 17.4. The number of methoxy groups -OCH3 is 2. The van der Waals surface area contributed by atoms with Gasteiger partial charge in [0, 0.05) is 11.3 Å². The van der Waals surface area contributed by atoms with Crippen molar-refractivity contribution in [3.8, 4) is 11.5 Å². The van der Waals surface area contributed by atoms with Crippen molar-refractivity contribution in [3.05, 3.63) is 64.7 Å². The van der Waals surface area contributed by atoms with Gasteiger partial charge in [-0.2, -0.15) is 0 Å². The van der Waals surface area contributed by atoms with Gasteiger partial charge in [0.1, 0.15) is 11.5 Å². The summed E-state index contributed by atoms with van der Waals surface area (Å²) in [6.45, 7) is 0. The third kappa shape index (κ3) is 2.85. The molecule has 5 heteroatoms. The highest BCUT2D eigenvalue weighted by Gasteiger charge is 2.31. The summed E-state index contributed by atoms with van der Waals surface area (Å²) in [5, 5.41) is 7.44. The number of thiocarbonyl (C=S) groups is 1. The summed E-state index contributed by atoms with van der Waals surface area (Å²) in [5.74, 6) is 1.72. The SMILES string of the molecule is COc1ccc([C@@H]2NC(=S)NC3=C2CCc2ccc(OC)cc23)cc1. The van der Waals surface area contributed by atoms with E-state index in [4.69, 9.17) is 21.7 Å². The number of aryl methyl sites for hydroxylation is 1. The first-order valence-electron chi connectivity index (χ1n) is 8.31. The maximum Gasteiger partial charge on any atom is 0.171 e. The van der Waals surface area contributed by atoms with Crippen LogP contribution in [-0.4, -0.2) is 19.3 Å². The summed E-state index contributed by atoms with van der Waals surface area (Å²) in [6, 6.07) is 14.5. The quantitative estimate of drug-likeness (QED) is 0.827. The average Bonchev–Trinajstić information content (AvgIpc) is 2.67. The van der Waals surface area contributed by atoms with Crippen molar-refractivity contribution in [1.82, 2.24) is 10.6 Å². The van der Waals surface area contributed by atoms with Crippen LogP contribution in [0.25, 0.3) is 5.70 Å². The molecule has 0 radical (unpaired) electrons. The number of rotatable bonds is 3. The van der Waals surface area contributed by atoms with E-state index in [2.05, 4.69) is 34.9 Å². The molecule has 0 bridgehead atoms. The fourth-order valence-corrected chi connectivity index (χ4v) is 3.81. The van der Waals surface area contributed by atoms with Crippen molar-refractivity contribution >= 4 is 23.0 Å². The van der Waals surface area contributed by atoms with Gasteiger partial charge in [0.25, 0.3) is 0 Å². The first-order chi connectivity index (χ1) is 12.2. The Hall–Kier alpha value is -2.53. The van der Waals surface area contributed by atoms with Crippen LogP contribution < -0.4 is 20.1 Å². The Bertz CT molecular complexity index is 858. The Labute approximate surface area is 152 Å². The molecule has 1 heterocycles. The largest absolute Gasteiger partial charge is 0.497 e. The topological polar surface area (TPSA) is 42.5 Å². The first-order valence-corrected chi connectivity index (χ1v) is 8.72. The summed E-state index contributed by atoms with van der Waals surface area (Å²) >= 11 is 5.48. The van der Waals surface area contributed by atoms with Crippen LogP contribution in [0, 0.1) is 0 Å². The molecule has 2 aromatic rings. The molecular formula is C20H20N2O2S. The molecule has 4 nitrogen and oxygen atoms in total. The summed E-state index contributed by atoms with van der Waals surface area (Å²) in [6.07, 6.45) is 2.01. The Balaban J connectivity index is 1.80. The van der Waals surface area contributed by atoms with Gasteiger partial charge in [0.2, 0.25) is 0 Å². The summed E-state index contributed by atoms with van der Waals surface area (Å²) in [4.78, 5) is 0. The van der Waals surface area contributed by atoms with Crippen LogP contribution in [0.1, 0.15) is 29.2 Å². The van der Waals surface area contributed by atoms with Gasteiger partial charge in [-0.25, -0.2) is 0 Å². The van der Waals surface area contributed by atoms with Crippen LogP contribution >= 0.6 is 12.2 Å². The van der Waals surface area contributed by atoms with Crippen LogP contribution in [0.3, 0.4) is 0 Å². The molecule has 2 N–H and O–H groups in total. The maximum absolute atomic E-state index is 5.48. The molecule has 1 atom stereocenters. The van der Waals surface area contributed by atoms with Crippen molar-refractivity contribution in [2.24, 2.45) is 0 Å². The van der Waals surface area contributed by atoms with E-state index in [-0.39, 0.29) is 6.04 Å². The fraction of sp³-hybridized carbons (Fsp3) is 0.250. The second-order valence-electron chi connectivity index (χ2n) is 6.23. The van der Waals surface area contributed by atoms with Gasteiger partial charge in [-0.05, 0) is 66.0 Å². The number of ether oxygens (including phenoxy) is 2. The summed E-state index contributed by atoms with van der Waals surface area (Å²) < 4.78 is 10.7. The molecule has 0 unspecified atom stereocenters. The highest BCUT2D eigenvalue weighted by Crippen LogP contribution is 2.40. The van der Waals surface area contributed by atoms with Crippen molar-refractivity contribution in [2.75, 3.05) is 14.2 Å². The van der Waals surface area contributed by atoms with Crippen LogP contribution in [0.2, 0.25) is 0 Å². The third-order valence-electron chi connectivity index (χ3n) is 4.88. The second kappa shape index (κ2) is 6.41. The average molecular weight is 352 g/mol. The van der Waals surface area contributed by atoms with Crippen molar-refractivity contribution in [1.29, 1.82) is 0 Å². The molecule has 0 spiro atoms. The number of benzene rings is 2. The van der Waals surface area contributed by atoms with E-state index in [1.165, 1.54) is 22.3 Å². The van der Waals surface area contributed by atoms with Gasteiger partial charge in [0.15, 0.2) is 5.11 Å². The third-order valence-corrected chi connectivity index (χ3v) is 5.10. The zero-order valence-corrected chi connectivity index (χ0v) is 15.1. The maximum atomic E-state index is 5.48. The molecule has 2 aliphatic rings. The molecule has 25 heavy (non-hydrogen) atoms. The van der Waals surface area contributed by atoms with Gasteiger partial charge >= 0.3 is 0 Å². The van der Waals surface area contributed by atoms with Gasteiger partial charge < -0.3 is 20.1 Å². The van der Waals surface area contributed by atoms with Gasteiger partial charge in [-0.3, -0.25) is 0 Å². The van der Waals surface area contributed by atoms with E-state index in [0.717, 1.165) is 30.0 Å². The normalized spacial score (nSPS) is 18.6. The van der Waals surface area contributed by atoms with E-state index in [9.17, 15) is 0 Å². The van der Waals surface area contributed by atoms with Gasteiger partial charge in [-0.1, -0.05) is 18.2 Å². The van der Waals surface area contributed by atoms with Crippen LogP contribution in [0.15, 0.2) is 48.0 Å². The van der Waals surface area contributed by atoms with Gasteiger partial charge in [0.05, 0.1) is 20.3 Å². The molecule has 128 valence electrons. The van der Waals surface area contributed by atoms with Gasteiger partial charge in [-0.15, -0.1) is 0 Å². The minimum absolute atomic E-state index is 0.0778. The predicted octanol–water partition coefficient (Wildman–Crippen LogP) is 3.58. The molecule has 0 saturated heterocycles. The molecule has 0 fully saturated rings. The molecule has 4 rings (SSSR count). The number of nitrogens with one attached hydrogen (secondary N) is 2. The molecule has 1 aliphatic carbocycles. The van der Waals surface area contributed by atoms with Crippen molar-refractivity contribution < 1.29 is 9.47 Å². The van der Waals surface area contributed by atoms with E-state index < -0.39 is 0 Å². The monoisotopic (exact) mass is 352 g/mol. The smallest absolute Gasteiger partial charge is 0.171 e. The molecule has 2 aromatic carbocycles. The lowest BCUT2D eigenvalue weighted by Crippen LogP contribution is -2.44. The number of hydrogen-bond donors (Lipinski definition) is 2. The standard InChI is InChI=1S/C20H20N2O2S/c1-23-14-7-4-13(5-8-14)18-16-10-6-12-3-9-15(24-2)11-17(12)19(16)22-20(25)21-18/h3-5,7-9,11,18H,6,10H2,1-2H3,(H2,21,22,25)/t18-/m0/s1. The zero-order valence-electron chi connectivity index (χ0n) is 14.3. The second-order valence-corrected chi connectivity index (χ2v) is 6.64. The van der Waals surface area contributed by atoms with Crippen molar-refractivity contribution in [2.45, 2.75) is 18.9 Å². The van der Waals surface area contributed by atoms with E-state index >= 15 is 0 Å². The highest BCUT2D eigenvalue weighted by atomic mass is 32.1. The Morgan fingerprint density at radius 3 is 2.40 bits per heavy atom. The molecular weight excluding hydrogens is 332 g/mol. The number of hydrogen-bond acceptors (Lipinski definition) is 3. The van der Waals surface area contributed by atoms with Crippen molar-refractivity contribution in [3.63, 3.8) is 0 Å². The lowest BCUT2D eigenvalue weighted by molar-refractivity contribution is 0.414. The lowest BCUT2D eigenvalue weighted by atomic mass is 9.83. The summed E-state index contributed by atoms with van der Waals surface area (Å²) in [5.41, 5.74) is 6.14. The minimum atomic E-state index is 0.0778. The van der Waals surface area contributed by atoms with Crippen LogP contribution in [0.5, 0.6) is 11.5 Å². The Kier molecular flexibility index (Phi) is 4.09. The van der Waals surface area contributed by atoms with Crippen LogP contribution in [-0.2, 0) is 6.42 Å². The fourth-order valence-electron chi connectivity index (χ4n) is 3.59. The Morgan fingerprint density at radius 2 is 1.68 bits per heavy atom. The van der Waals surface area contributed by atoms with E-state index in [1.54, 1.807) is 14.2 Å². The Morgan fingerprint density at radius 1 is 0.960 bits per heavy atom.